The number of amides is 1. The van der Waals surface area contributed by atoms with Crippen LogP contribution in [0.15, 0.2) is 42.5 Å². The third-order valence-corrected chi connectivity index (χ3v) is 4.65. The Labute approximate surface area is 138 Å². The fraction of sp³-hybridized carbons (Fsp3) is 0.350. The third-order valence-electron chi connectivity index (χ3n) is 4.65. The molecule has 3 heteroatoms. The van der Waals surface area contributed by atoms with Gasteiger partial charge in [-0.1, -0.05) is 30.3 Å². The Hall–Kier alpha value is -2.29. The van der Waals surface area contributed by atoms with Crippen molar-refractivity contribution < 1.29 is 4.79 Å². The van der Waals surface area contributed by atoms with E-state index in [9.17, 15) is 4.79 Å². The summed E-state index contributed by atoms with van der Waals surface area (Å²) >= 11 is 0. The van der Waals surface area contributed by atoms with Crippen LogP contribution in [-0.4, -0.2) is 18.5 Å². The van der Waals surface area contributed by atoms with Crippen molar-refractivity contribution in [3.63, 3.8) is 0 Å². The number of para-hydroxylation sites is 1. The highest BCUT2D eigenvalue weighted by molar-refractivity contribution is 5.95. The summed E-state index contributed by atoms with van der Waals surface area (Å²) in [6.45, 7) is 6.65. The number of hydrogen-bond acceptors (Lipinski definition) is 2. The van der Waals surface area contributed by atoms with E-state index in [2.05, 4.69) is 41.4 Å². The summed E-state index contributed by atoms with van der Waals surface area (Å²) in [5.41, 5.74) is 5.69. The van der Waals surface area contributed by atoms with Gasteiger partial charge in [-0.15, -0.1) is 0 Å². The monoisotopic (exact) mass is 308 g/mol. The van der Waals surface area contributed by atoms with E-state index in [-0.39, 0.29) is 5.91 Å². The molecule has 1 aliphatic rings. The minimum atomic E-state index is 0.0438. The Kier molecular flexibility index (Phi) is 4.37. The smallest absolute Gasteiger partial charge is 0.243 e. The van der Waals surface area contributed by atoms with Crippen molar-refractivity contribution in [2.24, 2.45) is 0 Å². The van der Waals surface area contributed by atoms with Crippen LogP contribution in [0.5, 0.6) is 0 Å². The van der Waals surface area contributed by atoms with Gasteiger partial charge in [-0.05, 0) is 62.4 Å². The molecular formula is C20H24N2O. The van der Waals surface area contributed by atoms with E-state index in [1.807, 2.05) is 32.0 Å². The highest BCUT2D eigenvalue weighted by Crippen LogP contribution is 2.30. The van der Waals surface area contributed by atoms with Crippen LogP contribution in [0.25, 0.3) is 0 Å². The van der Waals surface area contributed by atoms with Crippen molar-refractivity contribution >= 4 is 17.3 Å². The number of fused-ring (bicyclic) bond motifs is 1. The largest absolute Gasteiger partial charge is 0.359 e. The molecule has 2 aromatic rings. The minimum absolute atomic E-state index is 0.0438. The lowest BCUT2D eigenvalue weighted by Crippen LogP contribution is -2.42. The molecule has 0 bridgehead atoms. The zero-order chi connectivity index (χ0) is 16.4. The van der Waals surface area contributed by atoms with Crippen molar-refractivity contribution in [3.8, 4) is 0 Å². The van der Waals surface area contributed by atoms with Crippen molar-refractivity contribution in [1.29, 1.82) is 0 Å². The normalized spacial score (nSPS) is 16.8. The van der Waals surface area contributed by atoms with Crippen LogP contribution in [0.3, 0.4) is 0 Å². The lowest BCUT2D eigenvalue weighted by molar-refractivity contribution is -0.115. The molecule has 1 atom stereocenters. The average molecular weight is 308 g/mol. The Balaban J connectivity index is 1.76. The standard InChI is InChI=1S/C20H24N2O/c1-14-8-9-15(2)18(12-14)21-20(23)13-22-16(3)10-11-17-6-4-5-7-19(17)22/h4-9,12,16H,10-11,13H2,1-3H3,(H,21,23)/t16-/m0/s1. The van der Waals surface area contributed by atoms with Gasteiger partial charge in [0.05, 0.1) is 6.54 Å². The summed E-state index contributed by atoms with van der Waals surface area (Å²) in [5, 5.41) is 3.07. The Morgan fingerprint density at radius 1 is 1.22 bits per heavy atom. The van der Waals surface area contributed by atoms with Gasteiger partial charge >= 0.3 is 0 Å². The molecule has 0 saturated carbocycles. The zero-order valence-electron chi connectivity index (χ0n) is 14.1. The molecule has 1 amide bonds. The molecule has 1 heterocycles. The van der Waals surface area contributed by atoms with Gasteiger partial charge in [0.1, 0.15) is 0 Å². The number of carbonyl (C=O) groups is 1. The van der Waals surface area contributed by atoms with Crippen LogP contribution in [-0.2, 0) is 11.2 Å². The maximum Gasteiger partial charge on any atom is 0.243 e. The van der Waals surface area contributed by atoms with Gasteiger partial charge in [0.2, 0.25) is 5.91 Å². The number of hydrogen-bond donors (Lipinski definition) is 1. The number of carbonyl (C=O) groups excluding carboxylic acids is 1. The molecule has 0 unspecified atom stereocenters. The second kappa shape index (κ2) is 6.45. The molecule has 0 radical (unpaired) electrons. The summed E-state index contributed by atoms with van der Waals surface area (Å²) in [5.74, 6) is 0.0438. The molecule has 0 fully saturated rings. The van der Waals surface area contributed by atoms with E-state index in [1.165, 1.54) is 11.3 Å². The van der Waals surface area contributed by atoms with E-state index < -0.39 is 0 Å². The fourth-order valence-electron chi connectivity index (χ4n) is 3.22. The van der Waals surface area contributed by atoms with Crippen LogP contribution in [0.4, 0.5) is 11.4 Å². The van der Waals surface area contributed by atoms with Crippen LogP contribution in [0.2, 0.25) is 0 Å². The molecule has 1 aliphatic heterocycles. The number of aryl methyl sites for hydroxylation is 3. The Morgan fingerprint density at radius 3 is 2.83 bits per heavy atom. The quantitative estimate of drug-likeness (QED) is 0.926. The second-order valence-electron chi connectivity index (χ2n) is 6.51. The molecule has 23 heavy (non-hydrogen) atoms. The Bertz CT molecular complexity index is 723. The van der Waals surface area contributed by atoms with Gasteiger partial charge in [-0.2, -0.15) is 0 Å². The number of nitrogens with one attached hydrogen (secondary N) is 1. The first-order chi connectivity index (χ1) is 11.0. The SMILES string of the molecule is Cc1ccc(C)c(NC(=O)CN2c3ccccc3CC[C@@H]2C)c1. The first-order valence-electron chi connectivity index (χ1n) is 8.26. The highest BCUT2D eigenvalue weighted by atomic mass is 16.2. The van der Waals surface area contributed by atoms with Crippen molar-refractivity contribution in [3.05, 3.63) is 59.2 Å². The minimum Gasteiger partial charge on any atom is -0.359 e. The van der Waals surface area contributed by atoms with Crippen molar-refractivity contribution in [2.45, 2.75) is 39.7 Å². The molecule has 3 nitrogen and oxygen atoms in total. The maximum atomic E-state index is 12.5. The fourth-order valence-corrected chi connectivity index (χ4v) is 3.22. The molecule has 3 rings (SSSR count). The van der Waals surface area contributed by atoms with Gasteiger partial charge in [0.25, 0.3) is 0 Å². The molecular weight excluding hydrogens is 284 g/mol. The number of anilines is 2. The summed E-state index contributed by atoms with van der Waals surface area (Å²) in [7, 11) is 0. The molecule has 2 aromatic carbocycles. The highest BCUT2D eigenvalue weighted by Gasteiger charge is 2.24. The van der Waals surface area contributed by atoms with E-state index in [0.717, 1.165) is 29.7 Å². The summed E-state index contributed by atoms with van der Waals surface area (Å²) in [6.07, 6.45) is 2.18. The molecule has 1 N–H and O–H groups in total. The number of nitrogens with zero attached hydrogens (tertiary/aromatic N) is 1. The van der Waals surface area contributed by atoms with Gasteiger partial charge in [-0.25, -0.2) is 0 Å². The Morgan fingerprint density at radius 2 is 2.00 bits per heavy atom. The molecule has 0 aromatic heterocycles. The van der Waals surface area contributed by atoms with Gasteiger partial charge in [0, 0.05) is 17.4 Å². The first kappa shape index (κ1) is 15.6. The average Bonchev–Trinajstić information content (AvgIpc) is 2.54. The molecule has 0 spiro atoms. The van der Waals surface area contributed by atoms with E-state index in [1.54, 1.807) is 0 Å². The predicted octanol–water partition coefficient (Wildman–Crippen LogP) is 4.08. The second-order valence-corrected chi connectivity index (χ2v) is 6.51. The van der Waals surface area contributed by atoms with Crippen LogP contribution in [0, 0.1) is 13.8 Å². The molecule has 0 aliphatic carbocycles. The van der Waals surface area contributed by atoms with Crippen molar-refractivity contribution in [2.75, 3.05) is 16.8 Å². The predicted molar refractivity (Wildman–Crippen MR) is 96.1 cm³/mol. The van der Waals surface area contributed by atoms with Gasteiger partial charge in [0.15, 0.2) is 0 Å². The third kappa shape index (κ3) is 3.39. The first-order valence-corrected chi connectivity index (χ1v) is 8.26. The lowest BCUT2D eigenvalue weighted by Gasteiger charge is -2.36. The summed E-state index contributed by atoms with van der Waals surface area (Å²) in [4.78, 5) is 14.8. The van der Waals surface area contributed by atoms with Crippen LogP contribution >= 0.6 is 0 Å². The van der Waals surface area contributed by atoms with Crippen LogP contribution < -0.4 is 10.2 Å². The maximum absolute atomic E-state index is 12.5. The number of rotatable bonds is 3. The number of benzene rings is 2. The van der Waals surface area contributed by atoms with E-state index >= 15 is 0 Å². The van der Waals surface area contributed by atoms with Gasteiger partial charge < -0.3 is 10.2 Å². The summed E-state index contributed by atoms with van der Waals surface area (Å²) < 4.78 is 0. The topological polar surface area (TPSA) is 32.3 Å². The van der Waals surface area contributed by atoms with Crippen LogP contribution in [0.1, 0.15) is 30.0 Å². The molecule has 120 valence electrons. The van der Waals surface area contributed by atoms with Gasteiger partial charge in [-0.3, -0.25) is 4.79 Å². The van der Waals surface area contributed by atoms with Crippen molar-refractivity contribution in [1.82, 2.24) is 0 Å². The van der Waals surface area contributed by atoms with E-state index in [4.69, 9.17) is 0 Å². The summed E-state index contributed by atoms with van der Waals surface area (Å²) in [6, 6.07) is 14.9. The van der Waals surface area contributed by atoms with E-state index in [0.29, 0.717) is 12.6 Å². The lowest BCUT2D eigenvalue weighted by atomic mass is 9.96. The molecule has 0 saturated heterocycles. The zero-order valence-corrected chi connectivity index (χ0v) is 14.1.